The summed E-state index contributed by atoms with van der Waals surface area (Å²) in [5, 5.41) is 8.33. The molecule has 12 nitrogen and oxygen atoms in total. The molecule has 0 amide bonds. The first-order valence-electron chi connectivity index (χ1n) is 9.28. The third-order valence-corrected chi connectivity index (χ3v) is 3.26. The number of aliphatic hydroxyl groups excluding tert-OH is 1. The molecule has 0 aromatic rings. The summed E-state index contributed by atoms with van der Waals surface area (Å²) >= 11 is 4.20. The normalized spacial score (nSPS) is 9.29. The Morgan fingerprint density at radius 3 is 1.32 bits per heavy atom. The number of hydrogen-bond donors (Lipinski definition) is 1. The molecule has 1 N–H and O–H groups in total. The Bertz CT molecular complexity index is 757. The molecule has 0 saturated heterocycles. The van der Waals surface area contributed by atoms with Gasteiger partial charge in [-0.3, -0.25) is 4.18 Å². The molecule has 20 heteroatoms. The highest BCUT2D eigenvalue weighted by Gasteiger charge is 2.08. The third-order valence-electron chi connectivity index (χ3n) is 2.37. The van der Waals surface area contributed by atoms with Crippen LogP contribution in [-0.4, -0.2) is 70.3 Å². The Kier molecular flexibility index (Phi) is 50.6. The number of carbonyl (C=O) groups is 3. The van der Waals surface area contributed by atoms with Gasteiger partial charge in [0.25, 0.3) is 10.3 Å². The Hall–Kier alpha value is -0.750. The third kappa shape index (κ3) is 48.3. The number of halogens is 5. The van der Waals surface area contributed by atoms with E-state index in [4.69, 9.17) is 40.0 Å². The van der Waals surface area contributed by atoms with Crippen LogP contribution in [0.4, 0.5) is 0 Å². The van der Waals surface area contributed by atoms with E-state index in [1.165, 1.54) is 0 Å². The van der Waals surface area contributed by atoms with Gasteiger partial charge in [-0.2, -0.15) is 0 Å². The van der Waals surface area contributed by atoms with Gasteiger partial charge in [-0.1, -0.05) is 31.3 Å². The van der Waals surface area contributed by atoms with E-state index in [0.717, 1.165) is 0 Å². The van der Waals surface area contributed by atoms with Crippen LogP contribution in [0, 0.1) is 0 Å². The number of alkyl halides is 1. The Morgan fingerprint density at radius 1 is 0.789 bits per heavy atom. The van der Waals surface area contributed by atoms with E-state index < -0.39 is 49.0 Å². The number of hydrogen-bond acceptors (Lipinski definition) is 13. The minimum atomic E-state index is -1.90. The van der Waals surface area contributed by atoms with E-state index in [9.17, 15) is 18.6 Å². The summed E-state index contributed by atoms with van der Waals surface area (Å²) in [6, 6.07) is 0. The summed E-state index contributed by atoms with van der Waals surface area (Å²) in [5.74, 6) is -1.37. The zero-order chi connectivity index (χ0) is 30.4. The fraction of sp³-hybridized carbons (Fsp3) is 0.500. The van der Waals surface area contributed by atoms with E-state index in [1.807, 2.05) is 0 Å². The Morgan fingerprint density at radius 2 is 1.08 bits per heavy atom. The van der Waals surface area contributed by atoms with E-state index in [-0.39, 0.29) is 49.3 Å². The van der Waals surface area contributed by atoms with Crippen molar-refractivity contribution in [3.05, 3.63) is 36.5 Å². The van der Waals surface area contributed by atoms with E-state index in [0.29, 0.717) is 18.8 Å². The molecule has 0 aliphatic heterocycles. The lowest BCUT2D eigenvalue weighted by atomic mass is 10.3. The van der Waals surface area contributed by atoms with Crippen LogP contribution >= 0.6 is 56.1 Å². The molecule has 1 unspecified atom stereocenters. The van der Waals surface area contributed by atoms with Gasteiger partial charge in [0.2, 0.25) is 9.23 Å². The SMILES string of the molecule is C=C(CCl)C(=O)OCC.C=C(CO)C(=O)OCC.C=C(COS(=O)Cl)C(=O)OCC.Cl.O=S(Cl)Cl.O=[SH-]=O. The lowest BCUT2D eigenvalue weighted by Gasteiger charge is -2.02. The molecule has 0 bridgehead atoms. The van der Waals surface area contributed by atoms with Crippen LogP contribution < -0.4 is 0 Å². The lowest BCUT2D eigenvalue weighted by molar-refractivity contribution is -0.139. The minimum absolute atomic E-state index is 0. The van der Waals surface area contributed by atoms with Crippen molar-refractivity contribution in [1.29, 1.82) is 0 Å². The van der Waals surface area contributed by atoms with Gasteiger partial charge in [0.1, 0.15) is 0 Å². The van der Waals surface area contributed by atoms with Gasteiger partial charge in [0.05, 0.1) is 50.1 Å². The van der Waals surface area contributed by atoms with Gasteiger partial charge in [-0.15, -0.1) is 24.0 Å². The molecule has 0 aliphatic rings. The number of rotatable bonds is 11. The molecule has 0 saturated carbocycles. The predicted octanol–water partition coefficient (Wildman–Crippen LogP) is 3.34. The maximum Gasteiger partial charge on any atom is 0.335 e. The maximum atomic E-state index is 10.8. The second kappa shape index (κ2) is 38.4. The van der Waals surface area contributed by atoms with Crippen LogP contribution in [0.1, 0.15) is 20.8 Å². The van der Waals surface area contributed by atoms with Crippen LogP contribution in [0.25, 0.3) is 0 Å². The van der Waals surface area contributed by atoms with Gasteiger partial charge >= 0.3 is 17.9 Å². The number of thiol groups is 1. The van der Waals surface area contributed by atoms with Crippen molar-refractivity contribution in [3.63, 3.8) is 0 Å². The zero-order valence-corrected chi connectivity index (χ0v) is 26.9. The van der Waals surface area contributed by atoms with Crippen LogP contribution in [0.3, 0.4) is 0 Å². The molecule has 0 fully saturated rings. The van der Waals surface area contributed by atoms with Gasteiger partial charge < -0.3 is 27.7 Å². The average molecular weight is 712 g/mol. The van der Waals surface area contributed by atoms with Gasteiger partial charge in [-0.25, -0.2) is 22.8 Å². The van der Waals surface area contributed by atoms with Gasteiger partial charge in [0.15, 0.2) is 0 Å². The van der Waals surface area contributed by atoms with E-state index in [1.54, 1.807) is 20.8 Å². The summed E-state index contributed by atoms with van der Waals surface area (Å²) < 4.78 is 54.0. The van der Waals surface area contributed by atoms with Gasteiger partial charge in [-0.05, 0) is 20.8 Å². The highest BCUT2D eigenvalue weighted by Crippen LogP contribution is 1.99. The minimum Gasteiger partial charge on any atom is -0.463 e. The number of aliphatic hydroxyl groups is 1. The monoisotopic (exact) mass is 709 g/mol. The standard InChI is InChI=1S/C6H9ClO4S.C6H9ClO2.C6H10O3.Cl2OS.ClH.HO2S/c1-3-10-6(8)5(2)4-11-12(7)9;2*1-3-9-6(8)5(2)4-7;1-4(2)3;;1-3-2/h2-4H2,1H3;2-4H2,1H3;7H,2-4H2,1H3;;1H;3H/q;;;;;-1. The molecule has 0 rings (SSSR count). The van der Waals surface area contributed by atoms with Crippen molar-refractivity contribution in [3.8, 4) is 0 Å². The molecule has 228 valence electrons. The van der Waals surface area contributed by atoms with Gasteiger partial charge in [0, 0.05) is 37.6 Å². The first kappa shape index (κ1) is 50.1. The summed E-state index contributed by atoms with van der Waals surface area (Å²) in [7, 11) is 10.4. The summed E-state index contributed by atoms with van der Waals surface area (Å²) in [4.78, 5) is 31.9. The molecule has 1 atom stereocenters. The summed E-state index contributed by atoms with van der Waals surface area (Å²) in [6.07, 6.45) is 0. The largest absolute Gasteiger partial charge is 0.463 e. The topological polar surface area (TPSA) is 177 Å². The zero-order valence-electron chi connectivity index (χ0n) is 20.5. The molecular weight excluding hydrogens is 682 g/mol. The van der Waals surface area contributed by atoms with Crippen LogP contribution in [0.2, 0.25) is 0 Å². The van der Waals surface area contributed by atoms with Crippen LogP contribution in [0.15, 0.2) is 36.5 Å². The smallest absolute Gasteiger partial charge is 0.335 e. The number of carbonyl (C=O) groups excluding carboxylic acids is 3. The fourth-order valence-electron chi connectivity index (χ4n) is 0.995. The van der Waals surface area contributed by atoms with Crippen LogP contribution in [0.5, 0.6) is 0 Å². The van der Waals surface area contributed by atoms with Crippen molar-refractivity contribution in [2.24, 2.45) is 0 Å². The molecule has 0 aromatic carbocycles. The molecule has 38 heavy (non-hydrogen) atoms. The fourth-order valence-corrected chi connectivity index (χ4v) is 1.47. The average Bonchev–Trinajstić information content (AvgIpc) is 2.82. The van der Waals surface area contributed by atoms with Crippen molar-refractivity contribution in [2.75, 3.05) is 38.9 Å². The quantitative estimate of drug-likeness (QED) is 0.0630. The van der Waals surface area contributed by atoms with E-state index >= 15 is 0 Å². The Labute approximate surface area is 254 Å². The van der Waals surface area contributed by atoms with Crippen molar-refractivity contribution >= 4 is 105 Å². The molecule has 0 heterocycles. The summed E-state index contributed by atoms with van der Waals surface area (Å²) in [6.45, 7) is 15.5. The first-order chi connectivity index (χ1) is 17.2. The first-order valence-corrected chi connectivity index (χ1v) is 15.3. The second-order valence-corrected chi connectivity index (χ2v) is 9.30. The second-order valence-electron chi connectivity index (χ2n) is 4.98. The van der Waals surface area contributed by atoms with Crippen LogP contribution in [-0.2, 0) is 72.3 Å². The van der Waals surface area contributed by atoms with Crippen molar-refractivity contribution in [1.82, 2.24) is 0 Å². The maximum absolute atomic E-state index is 10.8. The molecular formula is C18H30Cl5O12S3-. The highest BCUT2D eigenvalue weighted by atomic mass is 36.0. The summed E-state index contributed by atoms with van der Waals surface area (Å²) in [5.41, 5.74) is 0.487. The molecule has 0 spiro atoms. The molecule has 0 aliphatic carbocycles. The number of esters is 3. The highest BCUT2D eigenvalue weighted by molar-refractivity contribution is 8.26. The predicted molar refractivity (Wildman–Crippen MR) is 152 cm³/mol. The molecule has 0 aromatic heterocycles. The Balaban J connectivity index is -0.0000000896. The lowest BCUT2D eigenvalue weighted by Crippen LogP contribution is -2.11. The molecule has 0 radical (unpaired) electrons. The van der Waals surface area contributed by atoms with Crippen molar-refractivity contribution in [2.45, 2.75) is 20.8 Å². The van der Waals surface area contributed by atoms with Crippen molar-refractivity contribution < 1.29 is 54.7 Å². The van der Waals surface area contributed by atoms with E-state index in [2.05, 4.69) is 59.5 Å². The number of ether oxygens (including phenoxy) is 3.